The van der Waals surface area contributed by atoms with Gasteiger partial charge in [0.2, 0.25) is 0 Å². The fraction of sp³-hybridized carbons (Fsp3) is 0.105. The standard InChI is InChI=1S/C19H18N2O2/c22-13-19(14-5-2-1-3-6-14)21-17-9-16(11-20-12-17)15-7-4-8-18(23)10-15/h1-12,19,21-23H,13H2/t19-/m0/s1. The van der Waals surface area contributed by atoms with Crippen molar-refractivity contribution in [2.45, 2.75) is 6.04 Å². The molecule has 0 spiro atoms. The van der Waals surface area contributed by atoms with Crippen LogP contribution in [0.15, 0.2) is 73.1 Å². The van der Waals surface area contributed by atoms with Crippen LogP contribution >= 0.6 is 0 Å². The lowest BCUT2D eigenvalue weighted by atomic mass is 10.1. The third-order valence-corrected chi connectivity index (χ3v) is 3.64. The van der Waals surface area contributed by atoms with E-state index in [-0.39, 0.29) is 18.4 Å². The Morgan fingerprint density at radius 2 is 1.74 bits per heavy atom. The first kappa shape index (κ1) is 15.1. The van der Waals surface area contributed by atoms with Crippen LogP contribution in [-0.2, 0) is 0 Å². The van der Waals surface area contributed by atoms with Gasteiger partial charge in [0.05, 0.1) is 18.3 Å². The molecule has 0 radical (unpaired) electrons. The molecule has 1 atom stereocenters. The van der Waals surface area contributed by atoms with E-state index >= 15 is 0 Å². The first-order chi connectivity index (χ1) is 11.3. The van der Waals surface area contributed by atoms with Gasteiger partial charge in [-0.15, -0.1) is 0 Å². The van der Waals surface area contributed by atoms with E-state index in [1.54, 1.807) is 30.6 Å². The van der Waals surface area contributed by atoms with Crippen LogP contribution in [-0.4, -0.2) is 21.8 Å². The summed E-state index contributed by atoms with van der Waals surface area (Å²) in [4.78, 5) is 4.25. The zero-order valence-corrected chi connectivity index (χ0v) is 12.6. The zero-order chi connectivity index (χ0) is 16.1. The molecule has 0 bridgehead atoms. The van der Waals surface area contributed by atoms with Crippen molar-refractivity contribution in [3.8, 4) is 16.9 Å². The molecule has 1 aromatic heterocycles. The van der Waals surface area contributed by atoms with Crippen LogP contribution in [0.2, 0.25) is 0 Å². The summed E-state index contributed by atoms with van der Waals surface area (Å²) in [5, 5.41) is 22.5. The van der Waals surface area contributed by atoms with E-state index in [2.05, 4.69) is 10.3 Å². The van der Waals surface area contributed by atoms with Crippen LogP contribution in [0.1, 0.15) is 11.6 Å². The molecule has 2 aromatic carbocycles. The number of aliphatic hydroxyl groups excluding tert-OH is 1. The number of rotatable bonds is 5. The molecule has 3 aromatic rings. The molecule has 0 saturated carbocycles. The summed E-state index contributed by atoms with van der Waals surface area (Å²) in [5.41, 5.74) is 3.61. The van der Waals surface area contributed by atoms with Crippen molar-refractivity contribution in [3.05, 3.63) is 78.6 Å². The predicted molar refractivity (Wildman–Crippen MR) is 91.2 cm³/mol. The van der Waals surface area contributed by atoms with Crippen molar-refractivity contribution in [2.24, 2.45) is 0 Å². The van der Waals surface area contributed by atoms with Crippen molar-refractivity contribution >= 4 is 5.69 Å². The summed E-state index contributed by atoms with van der Waals surface area (Å²) in [5.74, 6) is 0.221. The molecular weight excluding hydrogens is 288 g/mol. The Morgan fingerprint density at radius 1 is 0.913 bits per heavy atom. The number of pyridine rings is 1. The van der Waals surface area contributed by atoms with Crippen LogP contribution in [0, 0.1) is 0 Å². The van der Waals surface area contributed by atoms with Crippen LogP contribution in [0.4, 0.5) is 5.69 Å². The second-order valence-electron chi connectivity index (χ2n) is 5.30. The number of anilines is 1. The molecule has 0 aliphatic heterocycles. The van der Waals surface area contributed by atoms with Gasteiger partial charge in [-0.1, -0.05) is 42.5 Å². The second-order valence-corrected chi connectivity index (χ2v) is 5.30. The van der Waals surface area contributed by atoms with Crippen molar-refractivity contribution < 1.29 is 10.2 Å². The van der Waals surface area contributed by atoms with Gasteiger partial charge in [-0.05, 0) is 29.3 Å². The predicted octanol–water partition coefficient (Wildman–Crippen LogP) is 3.60. The molecule has 4 nitrogen and oxygen atoms in total. The fourth-order valence-electron chi connectivity index (χ4n) is 2.48. The van der Waals surface area contributed by atoms with Crippen LogP contribution in [0.3, 0.4) is 0 Å². The number of aromatic nitrogens is 1. The van der Waals surface area contributed by atoms with Gasteiger partial charge in [0.1, 0.15) is 5.75 Å². The Labute approximate surface area is 135 Å². The van der Waals surface area contributed by atoms with E-state index in [9.17, 15) is 10.2 Å². The number of hydrogen-bond donors (Lipinski definition) is 3. The number of nitrogens with one attached hydrogen (secondary N) is 1. The number of nitrogens with zero attached hydrogens (tertiary/aromatic N) is 1. The maximum absolute atomic E-state index is 9.65. The van der Waals surface area contributed by atoms with E-state index < -0.39 is 0 Å². The third kappa shape index (κ3) is 3.67. The summed E-state index contributed by atoms with van der Waals surface area (Å²) in [7, 11) is 0. The monoisotopic (exact) mass is 306 g/mol. The highest BCUT2D eigenvalue weighted by molar-refractivity contribution is 5.68. The van der Waals surface area contributed by atoms with E-state index in [4.69, 9.17) is 0 Å². The number of phenolic OH excluding ortho intramolecular Hbond substituents is 1. The molecule has 0 aliphatic rings. The van der Waals surface area contributed by atoms with Gasteiger partial charge in [0.15, 0.2) is 0 Å². The molecule has 0 amide bonds. The Morgan fingerprint density at radius 3 is 2.48 bits per heavy atom. The minimum atomic E-state index is -0.197. The average Bonchev–Trinajstić information content (AvgIpc) is 2.61. The largest absolute Gasteiger partial charge is 0.508 e. The minimum absolute atomic E-state index is 0.0135. The lowest BCUT2D eigenvalue weighted by molar-refractivity contribution is 0.276. The number of phenols is 1. The quantitative estimate of drug-likeness (QED) is 0.674. The second kappa shape index (κ2) is 6.94. The Hall–Kier alpha value is -2.85. The van der Waals surface area contributed by atoms with Gasteiger partial charge in [0, 0.05) is 18.0 Å². The number of aromatic hydroxyl groups is 1. The lowest BCUT2D eigenvalue weighted by Gasteiger charge is -2.18. The first-order valence-corrected chi connectivity index (χ1v) is 7.43. The SMILES string of the molecule is OC[C@H](Nc1cncc(-c2cccc(O)c2)c1)c1ccccc1. The molecular formula is C19H18N2O2. The zero-order valence-electron chi connectivity index (χ0n) is 12.6. The van der Waals surface area contributed by atoms with Gasteiger partial charge in [-0.25, -0.2) is 0 Å². The Kier molecular flexibility index (Phi) is 4.54. The highest BCUT2D eigenvalue weighted by Crippen LogP contribution is 2.26. The van der Waals surface area contributed by atoms with Crippen molar-refractivity contribution in [1.82, 2.24) is 4.98 Å². The maximum atomic E-state index is 9.65. The summed E-state index contributed by atoms with van der Waals surface area (Å²) in [6.45, 7) is -0.0135. The average molecular weight is 306 g/mol. The summed E-state index contributed by atoms with van der Waals surface area (Å²) in [6.07, 6.45) is 3.47. The molecule has 1 heterocycles. The van der Waals surface area contributed by atoms with Crippen molar-refractivity contribution in [1.29, 1.82) is 0 Å². The molecule has 0 saturated heterocycles. The number of hydrogen-bond acceptors (Lipinski definition) is 4. The molecule has 0 fully saturated rings. The fourth-order valence-corrected chi connectivity index (χ4v) is 2.48. The Bertz CT molecular complexity index is 775. The summed E-state index contributed by atoms with van der Waals surface area (Å²) < 4.78 is 0. The van der Waals surface area contributed by atoms with Gasteiger partial charge < -0.3 is 15.5 Å². The molecule has 0 aliphatic carbocycles. The van der Waals surface area contributed by atoms with Gasteiger partial charge in [-0.3, -0.25) is 4.98 Å². The number of benzene rings is 2. The highest BCUT2D eigenvalue weighted by Gasteiger charge is 2.10. The smallest absolute Gasteiger partial charge is 0.116 e. The normalized spacial score (nSPS) is 11.9. The molecule has 3 N–H and O–H groups in total. The first-order valence-electron chi connectivity index (χ1n) is 7.43. The molecule has 0 unspecified atom stereocenters. The van der Waals surface area contributed by atoms with Crippen molar-refractivity contribution in [3.63, 3.8) is 0 Å². The lowest BCUT2D eigenvalue weighted by Crippen LogP contribution is -2.14. The topological polar surface area (TPSA) is 65.4 Å². The van der Waals surface area contributed by atoms with E-state index in [1.165, 1.54) is 0 Å². The number of aliphatic hydroxyl groups is 1. The van der Waals surface area contributed by atoms with Crippen molar-refractivity contribution in [2.75, 3.05) is 11.9 Å². The van der Waals surface area contributed by atoms with Gasteiger partial charge >= 0.3 is 0 Å². The summed E-state index contributed by atoms with van der Waals surface area (Å²) >= 11 is 0. The third-order valence-electron chi connectivity index (χ3n) is 3.64. The van der Waals surface area contributed by atoms with Gasteiger partial charge in [0.25, 0.3) is 0 Å². The molecule has 4 heteroatoms. The van der Waals surface area contributed by atoms with E-state index in [0.717, 1.165) is 22.4 Å². The maximum Gasteiger partial charge on any atom is 0.116 e. The Balaban J connectivity index is 1.85. The van der Waals surface area contributed by atoms with Gasteiger partial charge in [-0.2, -0.15) is 0 Å². The van der Waals surface area contributed by atoms with Crippen LogP contribution in [0.25, 0.3) is 11.1 Å². The summed E-state index contributed by atoms with van der Waals surface area (Å²) in [6, 6.07) is 18.6. The van der Waals surface area contributed by atoms with E-state index in [0.29, 0.717) is 0 Å². The minimum Gasteiger partial charge on any atom is -0.508 e. The van der Waals surface area contributed by atoms with Crippen LogP contribution in [0.5, 0.6) is 5.75 Å². The van der Waals surface area contributed by atoms with E-state index in [1.807, 2.05) is 42.5 Å². The molecule has 3 rings (SSSR count). The molecule has 23 heavy (non-hydrogen) atoms. The van der Waals surface area contributed by atoms with Crippen LogP contribution < -0.4 is 5.32 Å². The molecule has 116 valence electrons. The highest BCUT2D eigenvalue weighted by atomic mass is 16.3.